The molecule has 0 bridgehead atoms. The Hall–Kier alpha value is -1.36. The summed E-state index contributed by atoms with van der Waals surface area (Å²) in [6, 6.07) is 8.45. The number of para-hydroxylation sites is 1. The Kier molecular flexibility index (Phi) is 4.05. The minimum Gasteiger partial charge on any atom is -0.464 e. The van der Waals surface area contributed by atoms with Crippen LogP contribution < -0.4 is 11.1 Å². The number of rotatable bonds is 5. The molecule has 1 aromatic heterocycles. The number of benzene rings is 1. The van der Waals surface area contributed by atoms with E-state index in [4.69, 9.17) is 10.2 Å². The van der Waals surface area contributed by atoms with E-state index in [9.17, 15) is 5.11 Å². The first-order valence-corrected chi connectivity index (χ1v) is 7.36. The number of aliphatic hydroxyl groups is 1. The van der Waals surface area contributed by atoms with Crippen LogP contribution in [0.4, 0.5) is 0 Å². The van der Waals surface area contributed by atoms with Crippen molar-refractivity contribution in [2.75, 3.05) is 13.2 Å². The van der Waals surface area contributed by atoms with Gasteiger partial charge in [-0.15, -0.1) is 0 Å². The van der Waals surface area contributed by atoms with Crippen molar-refractivity contribution >= 4 is 11.0 Å². The van der Waals surface area contributed by atoms with Gasteiger partial charge in [-0.2, -0.15) is 0 Å². The first-order valence-electron chi connectivity index (χ1n) is 7.36. The van der Waals surface area contributed by atoms with Crippen LogP contribution in [0.5, 0.6) is 0 Å². The molecule has 108 valence electrons. The summed E-state index contributed by atoms with van der Waals surface area (Å²) in [5.74, 6) is 0.349. The highest BCUT2D eigenvalue weighted by molar-refractivity contribution is 5.81. The van der Waals surface area contributed by atoms with E-state index < -0.39 is 0 Å². The van der Waals surface area contributed by atoms with Gasteiger partial charge in [-0.1, -0.05) is 24.6 Å². The topological polar surface area (TPSA) is 71.4 Å². The summed E-state index contributed by atoms with van der Waals surface area (Å²) < 4.78 is 5.60. The molecule has 1 saturated carbocycles. The highest BCUT2D eigenvalue weighted by Crippen LogP contribution is 2.30. The maximum absolute atomic E-state index is 9.43. The van der Waals surface area contributed by atoms with Crippen LogP contribution in [-0.4, -0.2) is 24.3 Å². The van der Waals surface area contributed by atoms with E-state index in [2.05, 4.69) is 11.4 Å². The van der Waals surface area contributed by atoms with Gasteiger partial charge in [-0.25, -0.2) is 0 Å². The molecular weight excluding hydrogens is 252 g/mol. The Labute approximate surface area is 119 Å². The van der Waals surface area contributed by atoms with Crippen LogP contribution in [0.15, 0.2) is 34.9 Å². The van der Waals surface area contributed by atoms with Crippen molar-refractivity contribution in [1.29, 1.82) is 0 Å². The van der Waals surface area contributed by atoms with E-state index in [1.54, 1.807) is 6.26 Å². The summed E-state index contributed by atoms with van der Waals surface area (Å²) in [4.78, 5) is 0. The van der Waals surface area contributed by atoms with E-state index in [0.29, 0.717) is 18.5 Å². The van der Waals surface area contributed by atoms with Crippen molar-refractivity contribution < 1.29 is 9.52 Å². The molecule has 0 aliphatic heterocycles. The zero-order chi connectivity index (χ0) is 13.9. The Morgan fingerprint density at radius 3 is 3.00 bits per heavy atom. The van der Waals surface area contributed by atoms with Crippen LogP contribution in [0.3, 0.4) is 0 Å². The van der Waals surface area contributed by atoms with E-state index in [0.717, 1.165) is 29.4 Å². The standard InChI is InChI=1S/C16H22N2O2/c17-8-15(18-14-6-3-4-11(14)9-19)13-10-20-16-7-2-1-5-12(13)16/h1-2,5,7,10-11,14-15,18-19H,3-4,6,8-9,17H2. The number of nitrogens with one attached hydrogen (secondary N) is 1. The highest BCUT2D eigenvalue weighted by Gasteiger charge is 2.29. The van der Waals surface area contributed by atoms with Gasteiger partial charge in [-0.3, -0.25) is 0 Å². The molecule has 2 aromatic rings. The van der Waals surface area contributed by atoms with Gasteiger partial charge in [0.25, 0.3) is 0 Å². The van der Waals surface area contributed by atoms with E-state index in [1.165, 1.54) is 6.42 Å². The van der Waals surface area contributed by atoms with Gasteiger partial charge in [-0.05, 0) is 24.8 Å². The van der Waals surface area contributed by atoms with Crippen molar-refractivity contribution in [2.24, 2.45) is 11.7 Å². The fraction of sp³-hybridized carbons (Fsp3) is 0.500. The second kappa shape index (κ2) is 5.95. The van der Waals surface area contributed by atoms with Gasteiger partial charge in [0.2, 0.25) is 0 Å². The summed E-state index contributed by atoms with van der Waals surface area (Å²) in [6.45, 7) is 0.777. The average molecular weight is 274 g/mol. The molecule has 3 unspecified atom stereocenters. The van der Waals surface area contributed by atoms with Crippen molar-refractivity contribution in [3.8, 4) is 0 Å². The molecule has 0 radical (unpaired) electrons. The Bertz CT molecular complexity index is 566. The summed E-state index contributed by atoms with van der Waals surface area (Å²) >= 11 is 0. The highest BCUT2D eigenvalue weighted by atomic mass is 16.3. The van der Waals surface area contributed by atoms with Gasteiger partial charge in [0.15, 0.2) is 0 Å². The van der Waals surface area contributed by atoms with E-state index >= 15 is 0 Å². The molecule has 3 rings (SSSR count). The molecule has 0 spiro atoms. The van der Waals surface area contributed by atoms with Gasteiger partial charge in [0.1, 0.15) is 5.58 Å². The van der Waals surface area contributed by atoms with Gasteiger partial charge in [0.05, 0.1) is 6.26 Å². The zero-order valence-corrected chi connectivity index (χ0v) is 11.6. The van der Waals surface area contributed by atoms with Crippen LogP contribution >= 0.6 is 0 Å². The molecule has 1 aliphatic carbocycles. The SMILES string of the molecule is NCC(NC1CCCC1CO)c1coc2ccccc12. The summed E-state index contributed by atoms with van der Waals surface area (Å²) in [5.41, 5.74) is 7.97. The predicted molar refractivity (Wildman–Crippen MR) is 79.4 cm³/mol. The van der Waals surface area contributed by atoms with Crippen molar-refractivity contribution in [3.05, 3.63) is 36.1 Å². The fourth-order valence-corrected chi connectivity index (χ4v) is 3.29. The molecule has 1 aromatic carbocycles. The van der Waals surface area contributed by atoms with Crippen LogP contribution in [-0.2, 0) is 0 Å². The maximum Gasteiger partial charge on any atom is 0.134 e. The summed E-state index contributed by atoms with van der Waals surface area (Å²) in [6.07, 6.45) is 5.18. The fourth-order valence-electron chi connectivity index (χ4n) is 3.29. The third kappa shape index (κ3) is 2.46. The molecule has 20 heavy (non-hydrogen) atoms. The van der Waals surface area contributed by atoms with Crippen LogP contribution in [0, 0.1) is 5.92 Å². The van der Waals surface area contributed by atoms with Crippen LogP contribution in [0.25, 0.3) is 11.0 Å². The lowest BCUT2D eigenvalue weighted by Gasteiger charge is -2.25. The first-order chi connectivity index (χ1) is 9.83. The Morgan fingerprint density at radius 1 is 1.35 bits per heavy atom. The lowest BCUT2D eigenvalue weighted by Crippen LogP contribution is -2.39. The summed E-state index contributed by atoms with van der Waals surface area (Å²) in [7, 11) is 0. The number of nitrogens with two attached hydrogens (primary N) is 1. The van der Waals surface area contributed by atoms with Gasteiger partial charge in [0, 0.05) is 36.2 Å². The number of aliphatic hydroxyl groups excluding tert-OH is 1. The lowest BCUT2D eigenvalue weighted by molar-refractivity contribution is 0.200. The number of furan rings is 1. The number of hydrogen-bond acceptors (Lipinski definition) is 4. The van der Waals surface area contributed by atoms with Crippen molar-refractivity contribution in [3.63, 3.8) is 0 Å². The maximum atomic E-state index is 9.43. The van der Waals surface area contributed by atoms with Crippen molar-refractivity contribution in [1.82, 2.24) is 5.32 Å². The van der Waals surface area contributed by atoms with E-state index in [-0.39, 0.29) is 12.6 Å². The number of hydrogen-bond donors (Lipinski definition) is 3. The quantitative estimate of drug-likeness (QED) is 0.781. The Balaban J connectivity index is 1.82. The molecule has 1 fully saturated rings. The molecule has 4 N–H and O–H groups in total. The van der Waals surface area contributed by atoms with Gasteiger partial charge < -0.3 is 20.6 Å². The Morgan fingerprint density at radius 2 is 2.20 bits per heavy atom. The largest absolute Gasteiger partial charge is 0.464 e. The average Bonchev–Trinajstić information content (AvgIpc) is 3.11. The molecule has 0 saturated heterocycles. The molecule has 4 nitrogen and oxygen atoms in total. The molecule has 3 atom stereocenters. The molecular formula is C16H22N2O2. The molecule has 1 aliphatic rings. The monoisotopic (exact) mass is 274 g/mol. The normalized spacial score (nSPS) is 24.3. The number of fused-ring (bicyclic) bond motifs is 1. The molecule has 0 amide bonds. The third-order valence-electron chi connectivity index (χ3n) is 4.43. The third-order valence-corrected chi connectivity index (χ3v) is 4.43. The lowest BCUT2D eigenvalue weighted by atomic mass is 10.0. The smallest absolute Gasteiger partial charge is 0.134 e. The van der Waals surface area contributed by atoms with Crippen molar-refractivity contribution in [2.45, 2.75) is 31.3 Å². The minimum absolute atomic E-state index is 0.0794. The van der Waals surface area contributed by atoms with Crippen LogP contribution in [0.2, 0.25) is 0 Å². The molecule has 1 heterocycles. The second-order valence-electron chi connectivity index (χ2n) is 5.62. The minimum atomic E-state index is 0.0794. The molecule has 4 heteroatoms. The summed E-state index contributed by atoms with van der Waals surface area (Å²) in [5, 5.41) is 14.2. The van der Waals surface area contributed by atoms with Crippen LogP contribution in [0.1, 0.15) is 30.9 Å². The van der Waals surface area contributed by atoms with E-state index in [1.807, 2.05) is 18.2 Å². The predicted octanol–water partition coefficient (Wildman–Crippen LogP) is 2.18. The first kappa shape index (κ1) is 13.6. The zero-order valence-electron chi connectivity index (χ0n) is 11.6. The second-order valence-corrected chi connectivity index (χ2v) is 5.62. The van der Waals surface area contributed by atoms with Gasteiger partial charge >= 0.3 is 0 Å².